The number of hydrogen-bond acceptors (Lipinski definition) is 5. The van der Waals surface area contributed by atoms with Gasteiger partial charge in [-0.1, -0.05) is 89.4 Å². The fourth-order valence-electron chi connectivity index (χ4n) is 4.89. The monoisotopic (exact) mass is 667 g/mol. The molecule has 236 valence electrons. The molecule has 4 aromatic rings. The lowest BCUT2D eigenvalue weighted by atomic mass is 10.0. The van der Waals surface area contributed by atoms with E-state index in [1.54, 1.807) is 61.5 Å². The van der Waals surface area contributed by atoms with Crippen molar-refractivity contribution in [3.05, 3.63) is 124 Å². The number of sulfonamides is 1. The number of carbonyl (C=O) groups is 2. The van der Waals surface area contributed by atoms with Crippen LogP contribution in [0.5, 0.6) is 5.75 Å². The minimum atomic E-state index is -4.28. The second-order valence-corrected chi connectivity index (χ2v) is 13.0. The lowest BCUT2D eigenvalue weighted by molar-refractivity contribution is -0.140. The molecular formula is C34H35Cl2N3O5S. The van der Waals surface area contributed by atoms with Crippen LogP contribution in [0.1, 0.15) is 23.6 Å². The number of methoxy groups -OCH3 is 1. The van der Waals surface area contributed by atoms with Gasteiger partial charge in [0.2, 0.25) is 11.8 Å². The first-order valence-electron chi connectivity index (χ1n) is 14.3. The van der Waals surface area contributed by atoms with Crippen molar-refractivity contribution in [3.63, 3.8) is 0 Å². The number of ether oxygens (including phenoxy) is 1. The summed E-state index contributed by atoms with van der Waals surface area (Å²) in [5, 5.41) is 3.45. The van der Waals surface area contributed by atoms with Crippen LogP contribution in [0.2, 0.25) is 10.0 Å². The number of aryl methyl sites for hydroxylation is 1. The second kappa shape index (κ2) is 15.3. The molecule has 0 saturated heterocycles. The zero-order chi connectivity index (χ0) is 32.6. The fourth-order valence-corrected chi connectivity index (χ4v) is 6.83. The first-order valence-corrected chi connectivity index (χ1v) is 16.5. The van der Waals surface area contributed by atoms with Crippen molar-refractivity contribution >= 4 is 50.7 Å². The van der Waals surface area contributed by atoms with E-state index in [0.717, 1.165) is 15.4 Å². The smallest absolute Gasteiger partial charge is 0.264 e. The van der Waals surface area contributed by atoms with E-state index in [4.69, 9.17) is 27.9 Å². The molecule has 0 unspecified atom stereocenters. The standard InChI is InChI=1S/C34H35Cl2N3O5S/c1-4-37-34(41)31(21-25-11-6-5-7-12-25)38(22-27-28(35)13-10-14-29(27)36)33(40)23-39(30-15-8-9-16-32(30)44-3)45(42,43)26-19-17-24(2)18-20-26/h5-20,31H,4,21-23H2,1-3H3,(H,37,41)/t31-/m0/s1. The number of benzene rings is 4. The third-order valence-corrected chi connectivity index (χ3v) is 9.74. The third kappa shape index (κ3) is 8.16. The SMILES string of the molecule is CCNC(=O)[C@H](Cc1ccccc1)N(Cc1c(Cl)cccc1Cl)C(=O)CN(c1ccccc1OC)S(=O)(=O)c1ccc(C)cc1. The highest BCUT2D eigenvalue weighted by Crippen LogP contribution is 2.33. The minimum absolute atomic E-state index is 0.00272. The Morgan fingerprint density at radius 3 is 2.11 bits per heavy atom. The zero-order valence-corrected chi connectivity index (χ0v) is 27.6. The summed E-state index contributed by atoms with van der Waals surface area (Å²) < 4.78 is 34.9. The van der Waals surface area contributed by atoms with E-state index in [1.807, 2.05) is 37.3 Å². The molecule has 0 bridgehead atoms. The highest BCUT2D eigenvalue weighted by atomic mass is 35.5. The number of anilines is 1. The highest BCUT2D eigenvalue weighted by molar-refractivity contribution is 7.92. The molecule has 4 rings (SSSR count). The van der Waals surface area contributed by atoms with Crippen molar-refractivity contribution in [1.82, 2.24) is 10.2 Å². The molecule has 0 radical (unpaired) electrons. The van der Waals surface area contributed by atoms with Crippen molar-refractivity contribution in [3.8, 4) is 5.75 Å². The van der Waals surface area contributed by atoms with E-state index >= 15 is 0 Å². The van der Waals surface area contributed by atoms with Crippen LogP contribution >= 0.6 is 23.2 Å². The van der Waals surface area contributed by atoms with E-state index in [9.17, 15) is 18.0 Å². The zero-order valence-electron chi connectivity index (χ0n) is 25.2. The van der Waals surface area contributed by atoms with Gasteiger partial charge in [0.15, 0.2) is 0 Å². The molecular weight excluding hydrogens is 633 g/mol. The Labute approximate surface area is 274 Å². The summed E-state index contributed by atoms with van der Waals surface area (Å²) in [7, 11) is -2.86. The van der Waals surface area contributed by atoms with Crippen molar-refractivity contribution < 1.29 is 22.7 Å². The number of amides is 2. The molecule has 45 heavy (non-hydrogen) atoms. The normalized spacial score (nSPS) is 11.8. The molecule has 0 fully saturated rings. The molecule has 0 saturated carbocycles. The maximum Gasteiger partial charge on any atom is 0.264 e. The molecule has 0 heterocycles. The summed E-state index contributed by atoms with van der Waals surface area (Å²) in [6.07, 6.45) is 0.167. The summed E-state index contributed by atoms with van der Waals surface area (Å²) in [6.45, 7) is 3.18. The number of rotatable bonds is 13. The van der Waals surface area contributed by atoms with Gasteiger partial charge in [-0.2, -0.15) is 0 Å². The largest absolute Gasteiger partial charge is 0.495 e. The van der Waals surface area contributed by atoms with Gasteiger partial charge in [0.1, 0.15) is 18.3 Å². The summed E-state index contributed by atoms with van der Waals surface area (Å²) >= 11 is 13.1. The van der Waals surface area contributed by atoms with Gasteiger partial charge < -0.3 is 15.0 Å². The number of para-hydroxylation sites is 2. The van der Waals surface area contributed by atoms with Crippen LogP contribution in [0.4, 0.5) is 5.69 Å². The minimum Gasteiger partial charge on any atom is -0.495 e. The summed E-state index contributed by atoms with van der Waals surface area (Å²) in [5.41, 5.74) is 2.29. The van der Waals surface area contributed by atoms with Gasteiger partial charge in [-0.15, -0.1) is 0 Å². The van der Waals surface area contributed by atoms with Crippen LogP contribution in [0.15, 0.2) is 102 Å². The summed E-state index contributed by atoms with van der Waals surface area (Å²) in [5.74, 6) is -0.783. The number of nitrogens with zero attached hydrogens (tertiary/aromatic N) is 2. The lowest BCUT2D eigenvalue weighted by Crippen LogP contribution is -2.53. The molecule has 11 heteroatoms. The Morgan fingerprint density at radius 1 is 0.867 bits per heavy atom. The van der Waals surface area contributed by atoms with Gasteiger partial charge in [0.25, 0.3) is 10.0 Å². The topological polar surface area (TPSA) is 96.0 Å². The van der Waals surface area contributed by atoms with Crippen LogP contribution in [0.3, 0.4) is 0 Å². The van der Waals surface area contributed by atoms with Crippen molar-refractivity contribution in [2.24, 2.45) is 0 Å². The number of halogens is 2. The average Bonchev–Trinajstić information content (AvgIpc) is 3.03. The Hall–Kier alpha value is -4.05. The molecule has 1 atom stereocenters. The number of carbonyl (C=O) groups excluding carboxylic acids is 2. The number of hydrogen-bond donors (Lipinski definition) is 1. The molecule has 0 aliphatic rings. The summed E-state index contributed by atoms with van der Waals surface area (Å²) in [4.78, 5) is 29.5. The fraction of sp³-hybridized carbons (Fsp3) is 0.235. The number of likely N-dealkylation sites (N-methyl/N-ethyl adjacent to an activating group) is 1. The van der Waals surface area contributed by atoms with Gasteiger partial charge in [-0.25, -0.2) is 8.42 Å². The van der Waals surface area contributed by atoms with E-state index in [-0.39, 0.29) is 29.3 Å². The van der Waals surface area contributed by atoms with Crippen molar-refractivity contribution in [2.75, 3.05) is 24.5 Å². The van der Waals surface area contributed by atoms with Gasteiger partial charge >= 0.3 is 0 Å². The lowest BCUT2D eigenvalue weighted by Gasteiger charge is -2.34. The van der Waals surface area contributed by atoms with Crippen LogP contribution in [-0.2, 0) is 32.6 Å². The quantitative estimate of drug-likeness (QED) is 0.181. The Bertz CT molecular complexity index is 1710. The highest BCUT2D eigenvalue weighted by Gasteiger charge is 2.36. The maximum atomic E-state index is 14.5. The van der Waals surface area contributed by atoms with Crippen LogP contribution < -0.4 is 14.4 Å². The number of nitrogens with one attached hydrogen (secondary N) is 1. The molecule has 0 spiro atoms. The molecule has 1 N–H and O–H groups in total. The molecule has 0 aliphatic heterocycles. The average molecular weight is 669 g/mol. The van der Waals surface area contributed by atoms with E-state index in [1.165, 1.54) is 24.1 Å². The third-order valence-electron chi connectivity index (χ3n) is 7.25. The van der Waals surface area contributed by atoms with E-state index in [2.05, 4.69) is 5.32 Å². The molecule has 4 aromatic carbocycles. The van der Waals surface area contributed by atoms with E-state index in [0.29, 0.717) is 22.2 Å². The Balaban J connectivity index is 1.85. The van der Waals surface area contributed by atoms with Gasteiger partial charge in [0, 0.05) is 35.1 Å². The first kappa shape index (κ1) is 33.8. The molecule has 2 amide bonds. The van der Waals surface area contributed by atoms with Crippen LogP contribution in [0, 0.1) is 6.92 Å². The van der Waals surface area contributed by atoms with Crippen LogP contribution in [0.25, 0.3) is 0 Å². The molecule has 0 aliphatic carbocycles. The maximum absolute atomic E-state index is 14.5. The van der Waals surface area contributed by atoms with Gasteiger partial charge in [-0.05, 0) is 55.8 Å². The van der Waals surface area contributed by atoms with Gasteiger partial charge in [-0.3, -0.25) is 13.9 Å². The van der Waals surface area contributed by atoms with E-state index < -0.39 is 34.4 Å². The van der Waals surface area contributed by atoms with Gasteiger partial charge in [0.05, 0.1) is 17.7 Å². The second-order valence-electron chi connectivity index (χ2n) is 10.3. The van der Waals surface area contributed by atoms with Crippen LogP contribution in [-0.4, -0.2) is 51.4 Å². The predicted molar refractivity (Wildman–Crippen MR) is 178 cm³/mol. The Morgan fingerprint density at radius 2 is 1.49 bits per heavy atom. The van der Waals surface area contributed by atoms with Crippen molar-refractivity contribution in [2.45, 2.75) is 37.8 Å². The molecule has 0 aromatic heterocycles. The Kier molecular flexibility index (Phi) is 11.5. The molecule has 8 nitrogen and oxygen atoms in total. The van der Waals surface area contributed by atoms with Crippen molar-refractivity contribution in [1.29, 1.82) is 0 Å². The summed E-state index contributed by atoms with van der Waals surface area (Å²) in [6, 6.07) is 26.1. The predicted octanol–water partition coefficient (Wildman–Crippen LogP) is 6.28. The first-order chi connectivity index (χ1) is 21.6.